The Hall–Kier alpha value is -2.75. The normalized spacial score (nSPS) is 10.9. The van der Waals surface area contributed by atoms with E-state index < -0.39 is 0 Å². The summed E-state index contributed by atoms with van der Waals surface area (Å²) in [5.74, 6) is 0.889. The Morgan fingerprint density at radius 2 is 1.81 bits per heavy atom. The Morgan fingerprint density at radius 3 is 2.46 bits per heavy atom. The van der Waals surface area contributed by atoms with Gasteiger partial charge < -0.3 is 14.6 Å². The summed E-state index contributed by atoms with van der Waals surface area (Å²) in [5.41, 5.74) is 4.99. The molecule has 1 N–H and O–H groups in total. The van der Waals surface area contributed by atoms with E-state index in [0.29, 0.717) is 25.4 Å². The van der Waals surface area contributed by atoms with Gasteiger partial charge in [-0.3, -0.25) is 4.79 Å². The number of fused-ring (bicyclic) bond motifs is 1. The summed E-state index contributed by atoms with van der Waals surface area (Å²) in [7, 11) is 0. The van der Waals surface area contributed by atoms with E-state index in [1.54, 1.807) is 0 Å². The third-order valence-electron chi connectivity index (χ3n) is 4.70. The second-order valence-corrected chi connectivity index (χ2v) is 6.57. The first kappa shape index (κ1) is 18.1. The molecule has 3 aromatic rings. The van der Waals surface area contributed by atoms with Crippen LogP contribution >= 0.6 is 0 Å². The number of aryl methyl sites for hydroxylation is 2. The molecule has 0 radical (unpaired) electrons. The van der Waals surface area contributed by atoms with Crippen LogP contribution in [0.1, 0.15) is 41.0 Å². The molecule has 0 bridgehead atoms. The number of aromatic nitrogens is 1. The molecule has 0 fully saturated rings. The lowest BCUT2D eigenvalue weighted by Gasteiger charge is -2.21. The van der Waals surface area contributed by atoms with Gasteiger partial charge in [-0.1, -0.05) is 23.8 Å². The van der Waals surface area contributed by atoms with Crippen molar-refractivity contribution in [3.05, 3.63) is 64.8 Å². The summed E-state index contributed by atoms with van der Waals surface area (Å²) < 4.78 is 5.48. The molecule has 0 aliphatic carbocycles. The molecule has 0 aliphatic heterocycles. The van der Waals surface area contributed by atoms with Crippen LogP contribution < -0.4 is 4.74 Å². The van der Waals surface area contributed by atoms with Crippen molar-refractivity contribution in [3.8, 4) is 5.75 Å². The van der Waals surface area contributed by atoms with Gasteiger partial charge >= 0.3 is 0 Å². The second-order valence-electron chi connectivity index (χ2n) is 6.57. The minimum Gasteiger partial charge on any atom is -0.494 e. The van der Waals surface area contributed by atoms with Crippen molar-refractivity contribution in [2.45, 2.75) is 34.2 Å². The molecule has 0 spiro atoms. The number of benzene rings is 2. The number of carbonyl (C=O) groups excluding carboxylic acids is 1. The summed E-state index contributed by atoms with van der Waals surface area (Å²) >= 11 is 0. The first-order chi connectivity index (χ1) is 12.5. The number of carbonyl (C=O) groups is 1. The number of H-pyrrole nitrogens is 1. The van der Waals surface area contributed by atoms with Gasteiger partial charge in [-0.2, -0.15) is 0 Å². The fraction of sp³-hybridized carbons (Fsp3) is 0.318. The number of aromatic amines is 1. The first-order valence-electron chi connectivity index (χ1n) is 9.13. The SMILES string of the molecule is CCOc1ccc(CN(CC)C(=O)c2[nH]c3ccc(C)cc3c2C)cc1. The van der Waals surface area contributed by atoms with Gasteiger partial charge in [-0.25, -0.2) is 0 Å². The summed E-state index contributed by atoms with van der Waals surface area (Å²) in [6.07, 6.45) is 0. The van der Waals surface area contributed by atoms with Crippen molar-refractivity contribution in [3.63, 3.8) is 0 Å². The van der Waals surface area contributed by atoms with Gasteiger partial charge in [0.25, 0.3) is 5.91 Å². The maximum atomic E-state index is 13.1. The Morgan fingerprint density at radius 1 is 1.08 bits per heavy atom. The van der Waals surface area contributed by atoms with Gasteiger partial charge in [-0.15, -0.1) is 0 Å². The zero-order chi connectivity index (χ0) is 18.7. The monoisotopic (exact) mass is 350 g/mol. The molecular formula is C22H26N2O2. The number of hydrogen-bond acceptors (Lipinski definition) is 2. The van der Waals surface area contributed by atoms with E-state index in [1.807, 2.05) is 56.0 Å². The zero-order valence-electron chi connectivity index (χ0n) is 15.9. The third-order valence-corrected chi connectivity index (χ3v) is 4.70. The average Bonchev–Trinajstić information content (AvgIpc) is 2.97. The Labute approximate surface area is 154 Å². The molecule has 1 heterocycles. The van der Waals surface area contributed by atoms with Crippen molar-refractivity contribution in [2.24, 2.45) is 0 Å². The summed E-state index contributed by atoms with van der Waals surface area (Å²) in [6, 6.07) is 14.2. The van der Waals surface area contributed by atoms with Crippen LogP contribution in [-0.4, -0.2) is 28.9 Å². The zero-order valence-corrected chi connectivity index (χ0v) is 15.9. The van der Waals surface area contributed by atoms with E-state index >= 15 is 0 Å². The maximum Gasteiger partial charge on any atom is 0.270 e. The Balaban J connectivity index is 1.83. The molecule has 1 amide bonds. The van der Waals surface area contributed by atoms with Crippen molar-refractivity contribution in [1.29, 1.82) is 0 Å². The fourth-order valence-corrected chi connectivity index (χ4v) is 3.22. The summed E-state index contributed by atoms with van der Waals surface area (Å²) in [6.45, 7) is 9.94. The van der Waals surface area contributed by atoms with Crippen molar-refractivity contribution in [2.75, 3.05) is 13.2 Å². The summed E-state index contributed by atoms with van der Waals surface area (Å²) in [5, 5.41) is 1.12. The van der Waals surface area contributed by atoms with Crippen molar-refractivity contribution >= 4 is 16.8 Å². The Bertz CT molecular complexity index is 910. The predicted molar refractivity (Wildman–Crippen MR) is 106 cm³/mol. The van der Waals surface area contributed by atoms with Crippen LogP contribution in [0.2, 0.25) is 0 Å². The molecule has 0 saturated heterocycles. The topological polar surface area (TPSA) is 45.3 Å². The van der Waals surface area contributed by atoms with Crippen LogP contribution in [-0.2, 0) is 6.54 Å². The number of nitrogens with one attached hydrogen (secondary N) is 1. The number of hydrogen-bond donors (Lipinski definition) is 1. The fourth-order valence-electron chi connectivity index (χ4n) is 3.22. The number of nitrogens with zero attached hydrogens (tertiary/aromatic N) is 1. The summed E-state index contributed by atoms with van der Waals surface area (Å²) in [4.78, 5) is 18.3. The van der Waals surface area contributed by atoms with E-state index in [-0.39, 0.29) is 5.91 Å². The quantitative estimate of drug-likeness (QED) is 0.691. The molecule has 0 aliphatic rings. The standard InChI is InChI=1S/C22H26N2O2/c1-5-24(14-17-8-10-18(11-9-17)26-6-2)22(25)21-16(4)19-13-15(3)7-12-20(19)23-21/h7-13,23H,5-6,14H2,1-4H3. The molecule has 4 nitrogen and oxygen atoms in total. The van der Waals surface area contributed by atoms with Crippen LogP contribution in [0.4, 0.5) is 0 Å². The predicted octanol–water partition coefficient (Wildman–Crippen LogP) is 4.85. The lowest BCUT2D eigenvalue weighted by atomic mass is 10.1. The van der Waals surface area contributed by atoms with E-state index in [1.165, 1.54) is 5.56 Å². The highest BCUT2D eigenvalue weighted by molar-refractivity contribution is 6.01. The number of rotatable bonds is 6. The van der Waals surface area contributed by atoms with Crippen LogP contribution in [0.25, 0.3) is 10.9 Å². The van der Waals surface area contributed by atoms with Gasteiger partial charge in [0, 0.05) is 24.0 Å². The molecular weight excluding hydrogens is 324 g/mol. The average molecular weight is 350 g/mol. The molecule has 3 rings (SSSR count). The van der Waals surface area contributed by atoms with Gasteiger partial charge in [0.05, 0.1) is 6.61 Å². The third kappa shape index (κ3) is 3.59. The smallest absolute Gasteiger partial charge is 0.270 e. The van der Waals surface area contributed by atoms with Crippen LogP contribution in [0.5, 0.6) is 5.75 Å². The molecule has 0 unspecified atom stereocenters. The number of ether oxygens (including phenoxy) is 1. The highest BCUT2D eigenvalue weighted by Crippen LogP contribution is 2.24. The van der Waals surface area contributed by atoms with Gasteiger partial charge in [0.15, 0.2) is 0 Å². The highest BCUT2D eigenvalue weighted by atomic mass is 16.5. The molecule has 2 aromatic carbocycles. The van der Waals surface area contributed by atoms with Crippen LogP contribution in [0, 0.1) is 13.8 Å². The lowest BCUT2D eigenvalue weighted by molar-refractivity contribution is 0.0747. The van der Waals surface area contributed by atoms with Crippen molar-refractivity contribution < 1.29 is 9.53 Å². The first-order valence-corrected chi connectivity index (χ1v) is 9.13. The van der Waals surface area contributed by atoms with Gasteiger partial charge in [-0.05, 0) is 63.1 Å². The van der Waals surface area contributed by atoms with Crippen LogP contribution in [0.15, 0.2) is 42.5 Å². The van der Waals surface area contributed by atoms with Gasteiger partial charge in [0.1, 0.15) is 11.4 Å². The maximum absolute atomic E-state index is 13.1. The van der Waals surface area contributed by atoms with E-state index in [9.17, 15) is 4.79 Å². The van der Waals surface area contributed by atoms with E-state index in [4.69, 9.17) is 4.74 Å². The largest absolute Gasteiger partial charge is 0.494 e. The molecule has 1 aromatic heterocycles. The molecule has 136 valence electrons. The highest BCUT2D eigenvalue weighted by Gasteiger charge is 2.20. The number of amides is 1. The second kappa shape index (κ2) is 7.65. The Kier molecular flexibility index (Phi) is 5.31. The lowest BCUT2D eigenvalue weighted by Crippen LogP contribution is -2.31. The van der Waals surface area contributed by atoms with E-state index in [2.05, 4.69) is 24.0 Å². The molecule has 4 heteroatoms. The van der Waals surface area contributed by atoms with Gasteiger partial charge in [0.2, 0.25) is 0 Å². The minimum atomic E-state index is 0.0349. The minimum absolute atomic E-state index is 0.0349. The van der Waals surface area contributed by atoms with Crippen LogP contribution in [0.3, 0.4) is 0 Å². The molecule has 26 heavy (non-hydrogen) atoms. The van der Waals surface area contributed by atoms with E-state index in [0.717, 1.165) is 27.8 Å². The van der Waals surface area contributed by atoms with Crippen molar-refractivity contribution in [1.82, 2.24) is 9.88 Å². The molecule has 0 saturated carbocycles. The molecule has 0 atom stereocenters.